The van der Waals surface area contributed by atoms with Gasteiger partial charge in [0.05, 0.1) is 12.2 Å². The van der Waals surface area contributed by atoms with E-state index in [9.17, 15) is 0 Å². The Kier molecular flexibility index (Phi) is 2.69. The molecule has 7 fully saturated rings. The Hall–Kier alpha value is -0.0400. The van der Waals surface area contributed by atoms with Gasteiger partial charge in [-0.3, -0.25) is 0 Å². The Morgan fingerprint density at radius 3 is 0.957 bits per heavy atom. The summed E-state index contributed by atoms with van der Waals surface area (Å²) < 4.78 is 6.77. The van der Waals surface area contributed by atoms with E-state index in [1.165, 1.54) is 103 Å². The lowest BCUT2D eigenvalue weighted by Gasteiger charge is -2.50. The molecule has 5 aliphatic carbocycles. The highest BCUT2D eigenvalue weighted by Crippen LogP contribution is 3.13. The monoisotopic (exact) mass is 314 g/mol. The van der Waals surface area contributed by atoms with E-state index in [1.807, 2.05) is 0 Å². The first kappa shape index (κ1) is 14.2. The van der Waals surface area contributed by atoms with E-state index in [1.54, 1.807) is 0 Å². The third kappa shape index (κ3) is 1.18. The molecule has 23 heavy (non-hydrogen) atoms. The van der Waals surface area contributed by atoms with Gasteiger partial charge in [-0.05, 0) is 25.7 Å². The van der Waals surface area contributed by atoms with Crippen molar-refractivity contribution in [2.45, 2.75) is 115 Å². The third-order valence-corrected chi connectivity index (χ3v) is 9.86. The summed E-state index contributed by atoms with van der Waals surface area (Å²) in [6.07, 6.45) is 25.6. The topological polar surface area (TPSA) is 9.23 Å². The lowest BCUT2D eigenvalue weighted by atomic mass is 9.51. The molecular formula is C22H34O. The van der Waals surface area contributed by atoms with E-state index in [0.717, 1.165) is 12.2 Å². The third-order valence-electron chi connectivity index (χ3n) is 9.86. The van der Waals surface area contributed by atoms with E-state index in [2.05, 4.69) is 0 Å². The molecule has 5 saturated carbocycles. The highest BCUT2D eigenvalue weighted by Gasteiger charge is 3.17. The molecule has 4 spiro atoms. The van der Waals surface area contributed by atoms with Crippen molar-refractivity contribution in [1.82, 2.24) is 0 Å². The van der Waals surface area contributed by atoms with Crippen LogP contribution >= 0.6 is 0 Å². The zero-order valence-corrected chi connectivity index (χ0v) is 14.9. The number of rotatable bonds is 0. The average molecular weight is 315 g/mol. The van der Waals surface area contributed by atoms with Gasteiger partial charge in [-0.15, -0.1) is 0 Å². The largest absolute Gasteiger partial charge is 0.372 e. The molecule has 0 radical (unpaired) electrons. The smallest absolute Gasteiger partial charge is 0.0717 e. The number of hydrogen-bond donors (Lipinski definition) is 0. The van der Waals surface area contributed by atoms with Crippen LogP contribution in [0, 0.1) is 21.7 Å². The van der Waals surface area contributed by atoms with Crippen molar-refractivity contribution in [1.29, 1.82) is 0 Å². The zero-order chi connectivity index (χ0) is 15.2. The van der Waals surface area contributed by atoms with Crippen molar-refractivity contribution < 1.29 is 4.74 Å². The Labute approximate surface area is 141 Å². The summed E-state index contributed by atoms with van der Waals surface area (Å²) in [5.74, 6) is 0. The summed E-state index contributed by atoms with van der Waals surface area (Å²) in [6.45, 7) is 0. The molecule has 6 unspecified atom stereocenters. The van der Waals surface area contributed by atoms with Crippen molar-refractivity contribution in [2.24, 2.45) is 21.7 Å². The van der Waals surface area contributed by atoms with Gasteiger partial charge < -0.3 is 4.74 Å². The standard InChI is InChI=1S/C22H34O/c1-2-4-6-10-14-20-18-22(20)16-12-8-7-11-15-21(22)17(23-18)19(20,21)13-9-5-3-1/h17-18H,1-16H2. The quantitative estimate of drug-likeness (QED) is 0.532. The minimum atomic E-state index is 0.696. The fourth-order valence-corrected chi connectivity index (χ4v) is 9.53. The summed E-state index contributed by atoms with van der Waals surface area (Å²) in [6, 6.07) is 0. The van der Waals surface area contributed by atoms with E-state index < -0.39 is 0 Å². The predicted octanol–water partition coefficient (Wildman–Crippen LogP) is 6.01. The van der Waals surface area contributed by atoms with Gasteiger partial charge in [-0.1, -0.05) is 77.0 Å². The molecule has 128 valence electrons. The first-order chi connectivity index (χ1) is 11.4. The van der Waals surface area contributed by atoms with Crippen LogP contribution in [0.15, 0.2) is 0 Å². The number of hydrogen-bond acceptors (Lipinski definition) is 1. The van der Waals surface area contributed by atoms with Crippen molar-refractivity contribution in [3.8, 4) is 0 Å². The van der Waals surface area contributed by atoms with Crippen molar-refractivity contribution in [2.75, 3.05) is 0 Å². The molecule has 0 aromatic heterocycles. The summed E-state index contributed by atoms with van der Waals surface area (Å²) in [5.41, 5.74) is 2.80. The molecule has 0 amide bonds. The highest BCUT2D eigenvalue weighted by atomic mass is 16.5. The maximum absolute atomic E-state index is 6.77. The molecule has 0 N–H and O–H groups in total. The molecule has 2 aliphatic heterocycles. The van der Waals surface area contributed by atoms with E-state index in [-0.39, 0.29) is 0 Å². The zero-order valence-electron chi connectivity index (χ0n) is 14.9. The lowest BCUT2D eigenvalue weighted by Crippen LogP contribution is -2.47. The molecule has 0 aromatic carbocycles. The summed E-state index contributed by atoms with van der Waals surface area (Å²) >= 11 is 0. The van der Waals surface area contributed by atoms with Crippen molar-refractivity contribution >= 4 is 0 Å². The molecule has 1 nitrogen and oxygen atoms in total. The maximum atomic E-state index is 6.77. The van der Waals surface area contributed by atoms with Gasteiger partial charge >= 0.3 is 0 Å². The minimum Gasteiger partial charge on any atom is -0.372 e. The molecule has 1 heteroatoms. The summed E-state index contributed by atoms with van der Waals surface area (Å²) in [5, 5.41) is 0. The van der Waals surface area contributed by atoms with Gasteiger partial charge in [0.2, 0.25) is 0 Å². The Balaban J connectivity index is 1.35. The minimum absolute atomic E-state index is 0.696. The van der Waals surface area contributed by atoms with Gasteiger partial charge in [-0.2, -0.15) is 0 Å². The summed E-state index contributed by atoms with van der Waals surface area (Å²) in [4.78, 5) is 0. The molecule has 7 aliphatic rings. The van der Waals surface area contributed by atoms with Crippen LogP contribution in [0.2, 0.25) is 0 Å². The fourth-order valence-electron chi connectivity index (χ4n) is 9.53. The Morgan fingerprint density at radius 2 is 0.652 bits per heavy atom. The van der Waals surface area contributed by atoms with Gasteiger partial charge in [0.25, 0.3) is 0 Å². The lowest BCUT2D eigenvalue weighted by molar-refractivity contribution is -0.0525. The van der Waals surface area contributed by atoms with Crippen LogP contribution in [0.25, 0.3) is 0 Å². The van der Waals surface area contributed by atoms with E-state index >= 15 is 0 Å². The second kappa shape index (κ2) is 4.37. The van der Waals surface area contributed by atoms with Crippen LogP contribution in [0.4, 0.5) is 0 Å². The van der Waals surface area contributed by atoms with Crippen LogP contribution in [0.1, 0.15) is 103 Å². The maximum Gasteiger partial charge on any atom is 0.0717 e. The summed E-state index contributed by atoms with van der Waals surface area (Å²) in [7, 11) is 0. The van der Waals surface area contributed by atoms with Crippen LogP contribution in [0.5, 0.6) is 0 Å². The van der Waals surface area contributed by atoms with Gasteiger partial charge in [0.1, 0.15) is 0 Å². The molecule has 7 rings (SSSR count). The van der Waals surface area contributed by atoms with Crippen molar-refractivity contribution in [3.63, 3.8) is 0 Å². The van der Waals surface area contributed by atoms with Crippen LogP contribution < -0.4 is 0 Å². The normalized spacial score (nSPS) is 60.5. The molecule has 0 aromatic rings. The first-order valence-corrected chi connectivity index (χ1v) is 11.0. The van der Waals surface area contributed by atoms with Gasteiger partial charge in [-0.25, -0.2) is 0 Å². The van der Waals surface area contributed by atoms with Gasteiger partial charge in [0.15, 0.2) is 0 Å². The Morgan fingerprint density at radius 1 is 0.391 bits per heavy atom. The van der Waals surface area contributed by atoms with Crippen LogP contribution in [0.3, 0.4) is 0 Å². The van der Waals surface area contributed by atoms with Crippen LogP contribution in [-0.2, 0) is 4.74 Å². The second-order valence-corrected chi connectivity index (χ2v) is 10.0. The molecule has 2 saturated heterocycles. The molecule has 2 bridgehead atoms. The second-order valence-electron chi connectivity index (χ2n) is 10.0. The molecule has 6 atom stereocenters. The first-order valence-electron chi connectivity index (χ1n) is 11.0. The fraction of sp³-hybridized carbons (Fsp3) is 1.00. The average Bonchev–Trinajstić information content (AvgIpc) is 3.16. The SMILES string of the molecule is C1CCCCCC23C4OC5C2(CCCC1)C51CCCCCCC431. The van der Waals surface area contributed by atoms with Gasteiger partial charge in [0, 0.05) is 21.7 Å². The van der Waals surface area contributed by atoms with E-state index in [4.69, 9.17) is 4.74 Å². The Bertz CT molecular complexity index is 482. The molecule has 2 heterocycles. The highest BCUT2D eigenvalue weighted by molar-refractivity contribution is 5.62. The molecular weight excluding hydrogens is 280 g/mol. The van der Waals surface area contributed by atoms with E-state index in [0.29, 0.717) is 21.7 Å². The van der Waals surface area contributed by atoms with Crippen molar-refractivity contribution in [3.05, 3.63) is 0 Å². The van der Waals surface area contributed by atoms with Crippen LogP contribution in [-0.4, -0.2) is 12.2 Å². The predicted molar refractivity (Wildman–Crippen MR) is 92.3 cm³/mol. The number of ether oxygens (including phenoxy) is 1.